The number of anilines is 2. The van der Waals surface area contributed by atoms with Crippen molar-refractivity contribution in [3.63, 3.8) is 0 Å². The second-order valence-corrected chi connectivity index (χ2v) is 7.84. The van der Waals surface area contributed by atoms with Gasteiger partial charge in [-0.3, -0.25) is 19.4 Å². The van der Waals surface area contributed by atoms with Crippen molar-refractivity contribution in [3.05, 3.63) is 40.4 Å². The van der Waals surface area contributed by atoms with Crippen LogP contribution >= 0.6 is 11.3 Å². The minimum absolute atomic E-state index is 0.0385. The minimum Gasteiger partial charge on any atom is -0.340 e. The van der Waals surface area contributed by atoms with E-state index in [0.717, 1.165) is 55.2 Å². The van der Waals surface area contributed by atoms with Crippen molar-refractivity contribution in [2.45, 2.75) is 34.2 Å². The summed E-state index contributed by atoms with van der Waals surface area (Å²) in [5.74, 6) is 0.0969. The van der Waals surface area contributed by atoms with Crippen LogP contribution in [0.1, 0.15) is 30.7 Å². The quantitative estimate of drug-likeness (QED) is 0.810. The molecule has 0 spiro atoms. The van der Waals surface area contributed by atoms with Crippen LogP contribution in [0.25, 0.3) is 0 Å². The normalized spacial score (nSPS) is 15.0. The van der Waals surface area contributed by atoms with Gasteiger partial charge >= 0.3 is 0 Å². The van der Waals surface area contributed by atoms with E-state index in [9.17, 15) is 9.59 Å². The van der Waals surface area contributed by atoms with Crippen molar-refractivity contribution in [2.24, 2.45) is 0 Å². The molecule has 27 heavy (non-hydrogen) atoms. The number of amides is 2. The van der Waals surface area contributed by atoms with Crippen LogP contribution in [0.15, 0.2) is 23.6 Å². The SMILES string of the molecule is CC(=O)N1CCN(Cc2csc(N(C(C)=O)c3c(C)cccc3C)n2)CC1. The average molecular weight is 387 g/mol. The monoisotopic (exact) mass is 386 g/mol. The third kappa shape index (κ3) is 4.36. The highest BCUT2D eigenvalue weighted by Crippen LogP contribution is 2.33. The van der Waals surface area contributed by atoms with Crippen LogP contribution < -0.4 is 4.90 Å². The van der Waals surface area contributed by atoms with Gasteiger partial charge in [0.05, 0.1) is 11.4 Å². The number of piperazine rings is 1. The number of aromatic nitrogens is 1. The fourth-order valence-corrected chi connectivity index (χ4v) is 4.33. The van der Waals surface area contributed by atoms with Gasteiger partial charge in [-0.05, 0) is 25.0 Å². The second kappa shape index (κ2) is 8.19. The summed E-state index contributed by atoms with van der Waals surface area (Å²) in [6.45, 7) is 11.2. The van der Waals surface area contributed by atoms with Gasteiger partial charge in [0.1, 0.15) is 0 Å². The first kappa shape index (κ1) is 19.5. The molecule has 0 bridgehead atoms. The fraction of sp³-hybridized carbons (Fsp3) is 0.450. The van der Waals surface area contributed by atoms with Gasteiger partial charge in [0.25, 0.3) is 0 Å². The largest absolute Gasteiger partial charge is 0.340 e. The summed E-state index contributed by atoms with van der Waals surface area (Å²) < 4.78 is 0. The highest BCUT2D eigenvalue weighted by Gasteiger charge is 2.23. The number of hydrogen-bond donors (Lipinski definition) is 0. The lowest BCUT2D eigenvalue weighted by atomic mass is 10.1. The van der Waals surface area contributed by atoms with E-state index in [1.165, 1.54) is 11.3 Å². The van der Waals surface area contributed by atoms with E-state index in [-0.39, 0.29) is 11.8 Å². The van der Waals surface area contributed by atoms with Crippen LogP contribution in [0, 0.1) is 13.8 Å². The molecule has 3 rings (SSSR count). The van der Waals surface area contributed by atoms with Crippen LogP contribution in [-0.2, 0) is 16.1 Å². The lowest BCUT2D eigenvalue weighted by Gasteiger charge is -2.33. The van der Waals surface area contributed by atoms with E-state index in [0.29, 0.717) is 5.13 Å². The molecular formula is C20H26N4O2S. The average Bonchev–Trinajstić information content (AvgIpc) is 3.06. The van der Waals surface area contributed by atoms with Crippen molar-refractivity contribution in [1.82, 2.24) is 14.8 Å². The summed E-state index contributed by atoms with van der Waals surface area (Å²) in [6, 6.07) is 6.03. The third-order valence-electron chi connectivity index (χ3n) is 4.91. The summed E-state index contributed by atoms with van der Waals surface area (Å²) in [5, 5.41) is 2.73. The van der Waals surface area contributed by atoms with Crippen LogP contribution in [0.2, 0.25) is 0 Å². The Kier molecular flexibility index (Phi) is 5.92. The molecule has 0 atom stereocenters. The maximum absolute atomic E-state index is 12.4. The summed E-state index contributed by atoms with van der Waals surface area (Å²) in [4.78, 5) is 34.5. The van der Waals surface area contributed by atoms with Gasteiger partial charge in [-0.25, -0.2) is 4.98 Å². The summed E-state index contributed by atoms with van der Waals surface area (Å²) in [7, 11) is 0. The van der Waals surface area contributed by atoms with Gasteiger partial charge in [0, 0.05) is 52.0 Å². The number of rotatable bonds is 4. The van der Waals surface area contributed by atoms with Crippen LogP contribution in [0.3, 0.4) is 0 Å². The fourth-order valence-electron chi connectivity index (χ4n) is 3.47. The predicted octanol–water partition coefficient (Wildman–Crippen LogP) is 3.11. The number of hydrogen-bond acceptors (Lipinski definition) is 5. The minimum atomic E-state index is -0.0385. The van der Waals surface area contributed by atoms with Crippen LogP contribution in [-0.4, -0.2) is 52.8 Å². The first-order valence-corrected chi connectivity index (χ1v) is 10.0. The summed E-state index contributed by atoms with van der Waals surface area (Å²) in [5.41, 5.74) is 3.99. The predicted molar refractivity (Wildman–Crippen MR) is 108 cm³/mol. The van der Waals surface area contributed by atoms with E-state index in [1.54, 1.807) is 18.7 Å². The molecule has 1 aromatic heterocycles. The van der Waals surface area contributed by atoms with E-state index in [1.807, 2.05) is 42.3 Å². The van der Waals surface area contributed by atoms with Crippen LogP contribution in [0.4, 0.5) is 10.8 Å². The zero-order valence-corrected chi connectivity index (χ0v) is 17.2. The molecule has 2 heterocycles. The molecule has 144 valence electrons. The number of carbonyl (C=O) groups is 2. The second-order valence-electron chi connectivity index (χ2n) is 7.00. The van der Waals surface area contributed by atoms with Gasteiger partial charge in [-0.15, -0.1) is 11.3 Å². The van der Waals surface area contributed by atoms with Gasteiger partial charge < -0.3 is 4.90 Å². The molecule has 1 aromatic carbocycles. The van der Waals surface area contributed by atoms with Crippen molar-refractivity contribution < 1.29 is 9.59 Å². The highest BCUT2D eigenvalue weighted by molar-refractivity contribution is 7.14. The Labute approximate surface area is 164 Å². The number of benzene rings is 1. The van der Waals surface area contributed by atoms with E-state index in [4.69, 9.17) is 4.98 Å². The molecule has 1 aliphatic rings. The van der Waals surface area contributed by atoms with Gasteiger partial charge in [-0.2, -0.15) is 0 Å². The number of para-hydroxylation sites is 1. The molecule has 0 unspecified atom stereocenters. The maximum atomic E-state index is 12.4. The number of nitrogens with zero attached hydrogens (tertiary/aromatic N) is 4. The number of thiazole rings is 1. The molecule has 0 aliphatic carbocycles. The molecule has 7 heteroatoms. The molecule has 1 fully saturated rings. The van der Waals surface area contributed by atoms with Gasteiger partial charge in [0.2, 0.25) is 11.8 Å². The number of aryl methyl sites for hydroxylation is 2. The molecule has 1 saturated heterocycles. The molecular weight excluding hydrogens is 360 g/mol. The van der Waals surface area contributed by atoms with Crippen LogP contribution in [0.5, 0.6) is 0 Å². The Hall–Kier alpha value is -2.25. The van der Waals surface area contributed by atoms with Crippen molar-refractivity contribution in [2.75, 3.05) is 31.1 Å². The zero-order chi connectivity index (χ0) is 19.6. The molecule has 0 saturated carbocycles. The first-order chi connectivity index (χ1) is 12.9. The van der Waals surface area contributed by atoms with Gasteiger partial charge in [-0.1, -0.05) is 18.2 Å². The smallest absolute Gasteiger partial charge is 0.230 e. The lowest BCUT2D eigenvalue weighted by molar-refractivity contribution is -0.130. The molecule has 1 aliphatic heterocycles. The van der Waals surface area contributed by atoms with E-state index >= 15 is 0 Å². The Bertz CT molecular complexity index is 820. The lowest BCUT2D eigenvalue weighted by Crippen LogP contribution is -2.47. The molecule has 0 N–H and O–H groups in total. The number of carbonyl (C=O) groups excluding carboxylic acids is 2. The van der Waals surface area contributed by atoms with E-state index < -0.39 is 0 Å². The molecule has 2 aromatic rings. The van der Waals surface area contributed by atoms with Crippen molar-refractivity contribution in [1.29, 1.82) is 0 Å². The zero-order valence-electron chi connectivity index (χ0n) is 16.4. The van der Waals surface area contributed by atoms with Crippen molar-refractivity contribution >= 4 is 34.0 Å². The topological polar surface area (TPSA) is 56.8 Å². The van der Waals surface area contributed by atoms with Gasteiger partial charge in [0.15, 0.2) is 5.13 Å². The summed E-state index contributed by atoms with van der Waals surface area (Å²) in [6.07, 6.45) is 0. The third-order valence-corrected chi connectivity index (χ3v) is 5.79. The first-order valence-electron chi connectivity index (χ1n) is 9.16. The molecule has 6 nitrogen and oxygen atoms in total. The van der Waals surface area contributed by atoms with Crippen molar-refractivity contribution in [3.8, 4) is 0 Å². The molecule has 2 amide bonds. The standard InChI is InChI=1S/C20H26N4O2S/c1-14-6-5-7-15(2)19(14)24(17(4)26)20-21-18(13-27-20)12-22-8-10-23(11-9-22)16(3)25/h5-7,13H,8-12H2,1-4H3. The highest BCUT2D eigenvalue weighted by atomic mass is 32.1. The summed E-state index contributed by atoms with van der Waals surface area (Å²) >= 11 is 1.50. The maximum Gasteiger partial charge on any atom is 0.230 e. The van der Waals surface area contributed by atoms with E-state index in [2.05, 4.69) is 4.90 Å². The Morgan fingerprint density at radius 2 is 1.74 bits per heavy atom. The molecule has 0 radical (unpaired) electrons. The Morgan fingerprint density at radius 3 is 2.30 bits per heavy atom. The Morgan fingerprint density at radius 1 is 1.11 bits per heavy atom. The Balaban J connectivity index is 1.76.